The fourth-order valence-electron chi connectivity index (χ4n) is 2.90. The number of nitrogens with one attached hydrogen (secondary N) is 2. The molecule has 2 amide bonds. The predicted octanol–water partition coefficient (Wildman–Crippen LogP) is 4.30. The lowest BCUT2D eigenvalue weighted by Gasteiger charge is -2.12. The van der Waals surface area contributed by atoms with Crippen LogP contribution in [-0.4, -0.2) is 24.4 Å². The first kappa shape index (κ1) is 20.8. The molecule has 2 N–H and O–H groups in total. The van der Waals surface area contributed by atoms with Crippen molar-refractivity contribution in [2.75, 3.05) is 17.2 Å². The molecule has 0 aromatic heterocycles. The molecule has 3 aromatic carbocycles. The fraction of sp³-hybridized carbons (Fsp3) is 0.125. The molecule has 30 heavy (non-hydrogen) atoms. The average molecular weight is 402 g/mol. The lowest BCUT2D eigenvalue weighted by atomic mass is 10.1. The van der Waals surface area contributed by atoms with E-state index < -0.39 is 18.5 Å². The van der Waals surface area contributed by atoms with Gasteiger partial charge in [0.15, 0.2) is 6.61 Å². The quantitative estimate of drug-likeness (QED) is 0.577. The highest BCUT2D eigenvalue weighted by Gasteiger charge is 2.17. The third-order valence-corrected chi connectivity index (χ3v) is 4.44. The third-order valence-electron chi connectivity index (χ3n) is 4.44. The number of benzene rings is 3. The van der Waals surface area contributed by atoms with Crippen LogP contribution in [0.25, 0.3) is 0 Å². The lowest BCUT2D eigenvalue weighted by molar-refractivity contribution is -0.119. The number of ether oxygens (including phenoxy) is 1. The second kappa shape index (κ2) is 10.0. The van der Waals surface area contributed by atoms with Crippen LogP contribution in [0.5, 0.6) is 0 Å². The monoisotopic (exact) mass is 402 g/mol. The predicted molar refractivity (Wildman–Crippen MR) is 116 cm³/mol. The first-order chi connectivity index (χ1) is 14.6. The van der Waals surface area contributed by atoms with Gasteiger partial charge < -0.3 is 15.4 Å². The number of para-hydroxylation sites is 2. The summed E-state index contributed by atoms with van der Waals surface area (Å²) in [4.78, 5) is 37.1. The highest BCUT2D eigenvalue weighted by atomic mass is 16.5. The van der Waals surface area contributed by atoms with E-state index in [1.807, 2.05) is 31.2 Å². The molecule has 0 saturated carbocycles. The molecule has 152 valence electrons. The molecule has 0 heterocycles. The van der Waals surface area contributed by atoms with Gasteiger partial charge in [0.05, 0.1) is 11.3 Å². The Bertz CT molecular complexity index is 1050. The maximum atomic E-state index is 12.5. The summed E-state index contributed by atoms with van der Waals surface area (Å²) >= 11 is 0. The number of carbonyl (C=O) groups excluding carboxylic acids is 3. The Balaban J connectivity index is 1.63. The SMILES string of the molecule is CCc1ccccc1NC(=O)COC(=O)c1ccccc1NC(=O)c1ccccc1. The van der Waals surface area contributed by atoms with Gasteiger partial charge in [0, 0.05) is 11.3 Å². The summed E-state index contributed by atoms with van der Waals surface area (Å²) in [7, 11) is 0. The van der Waals surface area contributed by atoms with Gasteiger partial charge >= 0.3 is 5.97 Å². The van der Waals surface area contributed by atoms with E-state index in [2.05, 4.69) is 10.6 Å². The van der Waals surface area contributed by atoms with Gasteiger partial charge in [-0.25, -0.2) is 4.79 Å². The van der Waals surface area contributed by atoms with E-state index in [1.165, 1.54) is 6.07 Å². The highest BCUT2D eigenvalue weighted by molar-refractivity contribution is 6.08. The van der Waals surface area contributed by atoms with Crippen LogP contribution < -0.4 is 10.6 Å². The van der Waals surface area contributed by atoms with Crippen molar-refractivity contribution in [3.8, 4) is 0 Å². The molecule has 0 saturated heterocycles. The molecule has 0 spiro atoms. The van der Waals surface area contributed by atoms with Crippen LogP contribution in [0.15, 0.2) is 78.9 Å². The smallest absolute Gasteiger partial charge is 0.340 e. The van der Waals surface area contributed by atoms with Gasteiger partial charge in [0.1, 0.15) is 0 Å². The van der Waals surface area contributed by atoms with Crippen LogP contribution in [0.1, 0.15) is 33.2 Å². The Morgan fingerprint density at radius 2 is 1.40 bits per heavy atom. The van der Waals surface area contributed by atoms with Gasteiger partial charge in [-0.1, -0.05) is 55.5 Å². The Hall–Kier alpha value is -3.93. The summed E-state index contributed by atoms with van der Waals surface area (Å²) < 4.78 is 5.16. The maximum Gasteiger partial charge on any atom is 0.340 e. The van der Waals surface area contributed by atoms with E-state index >= 15 is 0 Å². The molecule has 0 bridgehead atoms. The zero-order valence-corrected chi connectivity index (χ0v) is 16.6. The minimum absolute atomic E-state index is 0.170. The van der Waals surface area contributed by atoms with Crippen LogP contribution >= 0.6 is 0 Å². The molecule has 0 atom stereocenters. The van der Waals surface area contributed by atoms with Crippen molar-refractivity contribution >= 4 is 29.2 Å². The van der Waals surface area contributed by atoms with E-state index in [0.29, 0.717) is 16.9 Å². The topological polar surface area (TPSA) is 84.5 Å². The zero-order chi connectivity index (χ0) is 21.3. The summed E-state index contributed by atoms with van der Waals surface area (Å²) in [6, 6.07) is 22.6. The number of amides is 2. The van der Waals surface area contributed by atoms with Crippen LogP contribution in [0, 0.1) is 0 Å². The number of rotatable bonds is 7. The fourth-order valence-corrected chi connectivity index (χ4v) is 2.90. The molecule has 0 unspecified atom stereocenters. The van der Waals surface area contributed by atoms with Gasteiger partial charge in [-0.2, -0.15) is 0 Å². The van der Waals surface area contributed by atoms with Crippen molar-refractivity contribution in [3.05, 3.63) is 95.6 Å². The van der Waals surface area contributed by atoms with Gasteiger partial charge in [-0.3, -0.25) is 9.59 Å². The summed E-state index contributed by atoms with van der Waals surface area (Å²) in [5.41, 5.74) is 2.63. The van der Waals surface area contributed by atoms with Crippen LogP contribution in [0.2, 0.25) is 0 Å². The Labute approximate surface area is 174 Å². The summed E-state index contributed by atoms with van der Waals surface area (Å²) in [6.45, 7) is 1.56. The van der Waals surface area contributed by atoms with Crippen molar-refractivity contribution in [2.24, 2.45) is 0 Å². The summed E-state index contributed by atoms with van der Waals surface area (Å²) in [5, 5.41) is 5.46. The molecule has 6 heteroatoms. The summed E-state index contributed by atoms with van der Waals surface area (Å²) in [5.74, 6) is -1.47. The lowest BCUT2D eigenvalue weighted by Crippen LogP contribution is -2.22. The number of carbonyl (C=O) groups is 3. The van der Waals surface area contributed by atoms with Gasteiger partial charge in [-0.15, -0.1) is 0 Å². The molecule has 0 aliphatic carbocycles. The summed E-state index contributed by atoms with van der Waals surface area (Å²) in [6.07, 6.45) is 0.769. The second-order valence-corrected chi connectivity index (χ2v) is 6.50. The number of esters is 1. The van der Waals surface area contributed by atoms with Crippen molar-refractivity contribution < 1.29 is 19.1 Å². The second-order valence-electron chi connectivity index (χ2n) is 6.50. The molecule has 0 aliphatic heterocycles. The molecule has 0 fully saturated rings. The van der Waals surface area contributed by atoms with E-state index in [9.17, 15) is 14.4 Å². The number of hydrogen-bond acceptors (Lipinski definition) is 4. The van der Waals surface area contributed by atoms with Gasteiger partial charge in [-0.05, 0) is 42.3 Å². The number of hydrogen-bond donors (Lipinski definition) is 2. The minimum atomic E-state index is -0.696. The molecule has 0 aliphatic rings. The maximum absolute atomic E-state index is 12.5. The van der Waals surface area contributed by atoms with Crippen LogP contribution in [-0.2, 0) is 16.0 Å². The molecule has 6 nitrogen and oxygen atoms in total. The first-order valence-corrected chi connectivity index (χ1v) is 9.58. The standard InChI is InChI=1S/C24H22N2O4/c1-2-17-10-6-8-14-20(17)25-22(27)16-30-24(29)19-13-7-9-15-21(19)26-23(28)18-11-4-3-5-12-18/h3-15H,2,16H2,1H3,(H,25,27)(H,26,28). The largest absolute Gasteiger partial charge is 0.452 e. The third kappa shape index (κ3) is 5.32. The van der Waals surface area contributed by atoms with Crippen LogP contribution in [0.3, 0.4) is 0 Å². The Morgan fingerprint density at radius 3 is 2.13 bits per heavy atom. The van der Waals surface area contributed by atoms with E-state index in [4.69, 9.17) is 4.74 Å². The number of anilines is 2. The van der Waals surface area contributed by atoms with E-state index in [0.717, 1.165) is 12.0 Å². The van der Waals surface area contributed by atoms with Gasteiger partial charge in [0.2, 0.25) is 0 Å². The average Bonchev–Trinajstić information content (AvgIpc) is 2.78. The van der Waals surface area contributed by atoms with Crippen molar-refractivity contribution in [2.45, 2.75) is 13.3 Å². The van der Waals surface area contributed by atoms with Crippen molar-refractivity contribution in [1.82, 2.24) is 0 Å². The molecule has 3 aromatic rings. The van der Waals surface area contributed by atoms with E-state index in [-0.39, 0.29) is 11.5 Å². The Kier molecular flexibility index (Phi) is 6.95. The molecular weight excluding hydrogens is 380 g/mol. The van der Waals surface area contributed by atoms with Crippen molar-refractivity contribution in [1.29, 1.82) is 0 Å². The zero-order valence-electron chi connectivity index (χ0n) is 16.6. The van der Waals surface area contributed by atoms with Gasteiger partial charge in [0.25, 0.3) is 11.8 Å². The molecule has 3 rings (SSSR count). The Morgan fingerprint density at radius 1 is 0.767 bits per heavy atom. The number of aryl methyl sites for hydroxylation is 1. The highest BCUT2D eigenvalue weighted by Crippen LogP contribution is 2.18. The van der Waals surface area contributed by atoms with E-state index in [1.54, 1.807) is 48.5 Å². The minimum Gasteiger partial charge on any atom is -0.452 e. The first-order valence-electron chi connectivity index (χ1n) is 9.58. The van der Waals surface area contributed by atoms with Crippen LogP contribution in [0.4, 0.5) is 11.4 Å². The molecule has 0 radical (unpaired) electrons. The molecular formula is C24H22N2O4. The van der Waals surface area contributed by atoms with Crippen molar-refractivity contribution in [3.63, 3.8) is 0 Å². The normalized spacial score (nSPS) is 10.2.